The molecule has 2 aliphatic heterocycles. The van der Waals surface area contributed by atoms with E-state index in [-0.39, 0.29) is 11.5 Å². The SMILES string of the molecule is C[C@@H]1C[C@@H](C)CN(Cc2c(O)ccc3c2O/C(=C/c2cn(C)c4ccccc24)C3=O)C1. The maximum Gasteiger partial charge on any atom is 0.231 e. The lowest BCUT2D eigenvalue weighted by atomic mass is 9.91. The van der Waals surface area contributed by atoms with Crippen molar-refractivity contribution in [2.24, 2.45) is 18.9 Å². The molecule has 3 aromatic rings. The van der Waals surface area contributed by atoms with Gasteiger partial charge in [-0.2, -0.15) is 0 Å². The molecule has 0 radical (unpaired) electrons. The molecule has 0 amide bonds. The zero-order valence-electron chi connectivity index (χ0n) is 18.3. The summed E-state index contributed by atoms with van der Waals surface area (Å²) in [6.45, 7) is 7.09. The van der Waals surface area contributed by atoms with Crippen molar-refractivity contribution in [1.82, 2.24) is 9.47 Å². The van der Waals surface area contributed by atoms with Crippen molar-refractivity contribution in [2.45, 2.75) is 26.8 Å². The first-order chi connectivity index (χ1) is 14.9. The quantitative estimate of drug-likeness (QED) is 0.612. The molecule has 0 spiro atoms. The van der Waals surface area contributed by atoms with Crippen LogP contribution >= 0.6 is 0 Å². The number of Topliss-reactive ketones (excluding diaryl/α,β-unsaturated/α-hetero) is 1. The summed E-state index contributed by atoms with van der Waals surface area (Å²) in [6, 6.07) is 11.4. The van der Waals surface area contributed by atoms with Gasteiger partial charge in [0.15, 0.2) is 5.76 Å². The number of carbonyl (C=O) groups excluding carboxylic acids is 1. The number of likely N-dealkylation sites (tertiary alicyclic amines) is 1. The number of aromatic nitrogens is 1. The van der Waals surface area contributed by atoms with Crippen molar-refractivity contribution in [2.75, 3.05) is 13.1 Å². The Hall–Kier alpha value is -3.05. The van der Waals surface area contributed by atoms with Crippen LogP contribution in [0.1, 0.15) is 41.8 Å². The summed E-state index contributed by atoms with van der Waals surface area (Å²) in [6.07, 6.45) is 5.05. The number of hydrogen-bond donors (Lipinski definition) is 1. The van der Waals surface area contributed by atoms with Crippen LogP contribution in [0.25, 0.3) is 17.0 Å². The third kappa shape index (κ3) is 3.53. The van der Waals surface area contributed by atoms with Crippen LogP contribution in [0.4, 0.5) is 0 Å². The normalized spacial score (nSPS) is 22.8. The van der Waals surface area contributed by atoms with E-state index in [0.29, 0.717) is 41.0 Å². The number of aromatic hydroxyl groups is 1. The molecule has 2 atom stereocenters. The third-order valence-electron chi connectivity index (χ3n) is 6.46. The van der Waals surface area contributed by atoms with Crippen LogP contribution in [0.5, 0.6) is 11.5 Å². The number of para-hydroxylation sites is 1. The molecule has 0 unspecified atom stereocenters. The van der Waals surface area contributed by atoms with Gasteiger partial charge < -0.3 is 14.4 Å². The summed E-state index contributed by atoms with van der Waals surface area (Å²) < 4.78 is 8.15. The number of piperidine rings is 1. The van der Waals surface area contributed by atoms with E-state index in [0.717, 1.165) is 29.6 Å². The second kappa shape index (κ2) is 7.57. The second-order valence-electron chi connectivity index (χ2n) is 9.23. The summed E-state index contributed by atoms with van der Waals surface area (Å²) in [5.41, 5.74) is 3.27. The molecule has 0 saturated carbocycles. The van der Waals surface area contributed by atoms with Crippen LogP contribution in [0.15, 0.2) is 48.4 Å². The van der Waals surface area contributed by atoms with Gasteiger partial charge in [0.2, 0.25) is 5.78 Å². The molecule has 1 N–H and O–H groups in total. The number of hydrogen-bond acceptors (Lipinski definition) is 4. The molecule has 0 aliphatic carbocycles. The lowest BCUT2D eigenvalue weighted by Gasteiger charge is -2.35. The van der Waals surface area contributed by atoms with Crippen LogP contribution < -0.4 is 4.74 Å². The Labute approximate surface area is 182 Å². The molecule has 1 fully saturated rings. The van der Waals surface area contributed by atoms with E-state index in [1.54, 1.807) is 12.1 Å². The number of benzene rings is 2. The van der Waals surface area contributed by atoms with Crippen LogP contribution in [-0.4, -0.2) is 33.4 Å². The van der Waals surface area contributed by atoms with Crippen LogP contribution in [0, 0.1) is 11.8 Å². The Balaban J connectivity index is 1.49. The zero-order valence-corrected chi connectivity index (χ0v) is 18.3. The van der Waals surface area contributed by atoms with Gasteiger partial charge in [-0.15, -0.1) is 0 Å². The van der Waals surface area contributed by atoms with Crippen molar-refractivity contribution in [3.63, 3.8) is 0 Å². The standard InChI is InChI=1S/C26H28N2O3/c1-16-10-17(2)13-28(12-16)15-21-23(29)9-8-20-25(30)24(31-26(20)21)11-18-14-27(3)22-7-5-4-6-19(18)22/h4-9,11,14,16-17,29H,10,12-13,15H2,1-3H3/b24-11+/t16-,17-/m1/s1. The summed E-state index contributed by atoms with van der Waals surface area (Å²) in [5, 5.41) is 11.7. The first-order valence-corrected chi connectivity index (χ1v) is 11.0. The van der Waals surface area contributed by atoms with Gasteiger partial charge in [-0.25, -0.2) is 0 Å². The first-order valence-electron chi connectivity index (χ1n) is 11.0. The molecule has 31 heavy (non-hydrogen) atoms. The number of ether oxygens (including phenoxy) is 1. The van der Waals surface area contributed by atoms with Crippen LogP contribution in [0.3, 0.4) is 0 Å². The van der Waals surface area contributed by atoms with Gasteiger partial charge in [-0.3, -0.25) is 9.69 Å². The molecule has 2 aromatic carbocycles. The largest absolute Gasteiger partial charge is 0.507 e. The molecule has 3 heterocycles. The summed E-state index contributed by atoms with van der Waals surface area (Å²) in [5.74, 6) is 2.09. The Morgan fingerprint density at radius 2 is 1.87 bits per heavy atom. The van der Waals surface area contributed by atoms with Crippen LogP contribution in [-0.2, 0) is 13.6 Å². The maximum atomic E-state index is 13.1. The molecule has 1 aromatic heterocycles. The van der Waals surface area contributed by atoms with Crippen molar-refractivity contribution in [3.8, 4) is 11.5 Å². The fourth-order valence-corrected chi connectivity index (χ4v) is 5.22. The topological polar surface area (TPSA) is 54.7 Å². The Morgan fingerprint density at radius 3 is 2.65 bits per heavy atom. The number of aryl methyl sites for hydroxylation is 1. The summed E-state index contributed by atoms with van der Waals surface area (Å²) in [4.78, 5) is 15.5. The average Bonchev–Trinajstić information content (AvgIpc) is 3.21. The Kier molecular flexibility index (Phi) is 4.86. The number of rotatable bonds is 3. The predicted octanol–water partition coefficient (Wildman–Crippen LogP) is 4.98. The number of carbonyl (C=O) groups is 1. The van der Waals surface area contributed by atoms with Crippen molar-refractivity contribution >= 4 is 22.8 Å². The van der Waals surface area contributed by atoms with Gasteiger partial charge in [0.25, 0.3) is 0 Å². The first kappa shape index (κ1) is 19.9. The zero-order chi connectivity index (χ0) is 21.7. The lowest BCUT2D eigenvalue weighted by molar-refractivity contribution is 0.101. The summed E-state index contributed by atoms with van der Waals surface area (Å²) in [7, 11) is 1.99. The van der Waals surface area contributed by atoms with E-state index in [2.05, 4.69) is 24.8 Å². The fourth-order valence-electron chi connectivity index (χ4n) is 5.22. The molecule has 5 heteroatoms. The molecular formula is C26H28N2O3. The van der Waals surface area contributed by atoms with Gasteiger partial charge in [0.1, 0.15) is 11.5 Å². The van der Waals surface area contributed by atoms with Gasteiger partial charge >= 0.3 is 0 Å². The van der Waals surface area contributed by atoms with Crippen molar-refractivity contribution in [1.29, 1.82) is 0 Å². The average molecular weight is 417 g/mol. The summed E-state index contributed by atoms with van der Waals surface area (Å²) >= 11 is 0. The van der Waals surface area contributed by atoms with Crippen LogP contribution in [0.2, 0.25) is 0 Å². The van der Waals surface area contributed by atoms with Gasteiger partial charge in [0.05, 0.1) is 11.1 Å². The molecule has 5 rings (SSSR count). The maximum absolute atomic E-state index is 13.1. The molecule has 0 bridgehead atoms. The smallest absolute Gasteiger partial charge is 0.231 e. The minimum Gasteiger partial charge on any atom is -0.507 e. The second-order valence-corrected chi connectivity index (χ2v) is 9.23. The predicted molar refractivity (Wildman–Crippen MR) is 122 cm³/mol. The number of phenolic OH excluding ortho intramolecular Hbond substituents is 1. The highest BCUT2D eigenvalue weighted by atomic mass is 16.5. The number of phenols is 1. The number of fused-ring (bicyclic) bond motifs is 2. The van der Waals surface area contributed by atoms with Gasteiger partial charge in [0, 0.05) is 49.3 Å². The van der Waals surface area contributed by atoms with E-state index in [9.17, 15) is 9.90 Å². The Bertz CT molecular complexity index is 1200. The lowest BCUT2D eigenvalue weighted by Crippen LogP contribution is -2.38. The van der Waals surface area contributed by atoms with Crippen molar-refractivity contribution in [3.05, 3.63) is 65.0 Å². The molecule has 1 saturated heterocycles. The number of ketones is 1. The highest BCUT2D eigenvalue weighted by Crippen LogP contribution is 2.41. The van der Waals surface area contributed by atoms with E-state index in [4.69, 9.17) is 4.74 Å². The van der Waals surface area contributed by atoms with E-state index in [1.165, 1.54) is 6.42 Å². The minimum atomic E-state index is -0.135. The molecule has 2 aliphatic rings. The Morgan fingerprint density at radius 1 is 1.13 bits per heavy atom. The highest BCUT2D eigenvalue weighted by Gasteiger charge is 2.33. The highest BCUT2D eigenvalue weighted by molar-refractivity contribution is 6.15. The molecule has 160 valence electrons. The van der Waals surface area contributed by atoms with E-state index in [1.807, 2.05) is 42.1 Å². The molecule has 5 nitrogen and oxygen atoms in total. The minimum absolute atomic E-state index is 0.135. The third-order valence-corrected chi connectivity index (χ3v) is 6.46. The van der Waals surface area contributed by atoms with Gasteiger partial charge in [-0.05, 0) is 42.5 Å². The van der Waals surface area contributed by atoms with Crippen molar-refractivity contribution < 1.29 is 14.6 Å². The monoisotopic (exact) mass is 416 g/mol. The number of nitrogens with zero attached hydrogens (tertiary/aromatic N) is 2. The molecular weight excluding hydrogens is 388 g/mol. The van der Waals surface area contributed by atoms with Gasteiger partial charge in [-0.1, -0.05) is 32.0 Å². The number of allylic oxidation sites excluding steroid dienone is 1. The van der Waals surface area contributed by atoms with E-state index < -0.39 is 0 Å². The fraction of sp³-hybridized carbons (Fsp3) is 0.346. The van der Waals surface area contributed by atoms with E-state index >= 15 is 0 Å².